The number of imide groups is 1. The first kappa shape index (κ1) is 21.3. The largest absolute Gasteiger partial charge is 0.333 e. The molecule has 2 saturated heterocycles. The fourth-order valence-corrected chi connectivity index (χ4v) is 4.90. The van der Waals surface area contributed by atoms with Crippen LogP contribution in [0.1, 0.15) is 31.7 Å². The molecule has 3 heterocycles. The van der Waals surface area contributed by atoms with E-state index in [2.05, 4.69) is 11.8 Å². The molecule has 1 aromatic carbocycles. The van der Waals surface area contributed by atoms with Gasteiger partial charge in [-0.25, -0.2) is 9.37 Å². The summed E-state index contributed by atoms with van der Waals surface area (Å²) < 4.78 is 1.95. The highest BCUT2D eigenvalue weighted by Gasteiger charge is 2.53. The van der Waals surface area contributed by atoms with E-state index in [9.17, 15) is 9.59 Å². The molecule has 0 aromatic heterocycles. The van der Waals surface area contributed by atoms with Crippen LogP contribution in [0.5, 0.6) is 0 Å². The lowest BCUT2D eigenvalue weighted by atomic mass is 10.0. The number of nitrogens with zero attached hydrogens (tertiary/aromatic N) is 5. The Morgan fingerprint density at radius 1 is 1.13 bits per heavy atom. The summed E-state index contributed by atoms with van der Waals surface area (Å²) >= 11 is 12.9. The summed E-state index contributed by atoms with van der Waals surface area (Å²) in [4.78, 5) is 35.3. The standard InChI is InChI=1S/C21H26Cl2N5O2/c1-13-7-4-5-10-27(13)12-17-24-19-18(20(29)26(3)21(30)25(19)2)28(17)11-14-15(22)8-6-9-16(14)23/h6,8-9,13,18H,4-5,7,10-12H2,1-3H3/q+1. The number of carbonyl (C=O) groups is 2. The number of aliphatic imine (C=N–C) groups is 1. The van der Waals surface area contributed by atoms with E-state index < -0.39 is 6.04 Å². The van der Waals surface area contributed by atoms with Gasteiger partial charge in [0.1, 0.15) is 13.1 Å². The smallest absolute Gasteiger partial charge is 0.289 e. The zero-order valence-electron chi connectivity index (χ0n) is 17.4. The quantitative estimate of drug-likeness (QED) is 0.662. The second kappa shape index (κ2) is 8.29. The molecule has 160 valence electrons. The maximum Gasteiger partial charge on any atom is 0.333 e. The molecule has 2 fully saturated rings. The number of likely N-dealkylation sites (tertiary alicyclic amines) is 1. The van der Waals surface area contributed by atoms with Crippen molar-refractivity contribution in [2.24, 2.45) is 4.99 Å². The van der Waals surface area contributed by atoms with Gasteiger partial charge in [0.05, 0.1) is 0 Å². The van der Waals surface area contributed by atoms with E-state index in [1.807, 2.05) is 4.58 Å². The Hall–Kier alpha value is -1.96. The molecule has 1 aromatic rings. The predicted molar refractivity (Wildman–Crippen MR) is 117 cm³/mol. The normalized spacial score (nSPS) is 25.2. The summed E-state index contributed by atoms with van der Waals surface area (Å²) in [6.07, 6.45) is 3.52. The molecule has 0 saturated carbocycles. The summed E-state index contributed by atoms with van der Waals surface area (Å²) in [5.41, 5.74) is 0.747. The minimum Gasteiger partial charge on any atom is -0.289 e. The minimum atomic E-state index is -0.667. The first-order valence-electron chi connectivity index (χ1n) is 10.2. The Morgan fingerprint density at radius 3 is 2.50 bits per heavy atom. The zero-order chi connectivity index (χ0) is 21.6. The highest BCUT2D eigenvalue weighted by atomic mass is 35.5. The molecule has 3 amide bonds. The molecule has 30 heavy (non-hydrogen) atoms. The van der Waals surface area contributed by atoms with Gasteiger partial charge in [0.15, 0.2) is 0 Å². The number of hydrogen-bond donors (Lipinski definition) is 0. The lowest BCUT2D eigenvalue weighted by molar-refractivity contribution is -0.552. The van der Waals surface area contributed by atoms with Gasteiger partial charge in [-0.1, -0.05) is 35.7 Å². The van der Waals surface area contributed by atoms with Gasteiger partial charge in [0.2, 0.25) is 0 Å². The van der Waals surface area contributed by atoms with Crippen LogP contribution >= 0.6 is 23.2 Å². The molecule has 0 aliphatic carbocycles. The summed E-state index contributed by atoms with van der Waals surface area (Å²) in [6, 6.07) is 4.78. The SMILES string of the molecule is CC1CCCCN1CC1=[N+](Cc2c(Cl)cccc2Cl)C2C(=O)N(C)C(=O)N(C)C2=N1. The van der Waals surface area contributed by atoms with Crippen molar-refractivity contribution < 1.29 is 14.2 Å². The molecule has 3 aliphatic heterocycles. The Kier molecular flexibility index (Phi) is 5.88. The summed E-state index contributed by atoms with van der Waals surface area (Å²) in [5, 5.41) is 1.09. The highest BCUT2D eigenvalue weighted by Crippen LogP contribution is 2.28. The number of carbonyl (C=O) groups excluding carboxylic acids is 2. The third-order valence-corrected chi connectivity index (χ3v) is 7.00. The first-order chi connectivity index (χ1) is 14.3. The average molecular weight is 451 g/mol. The molecule has 2 unspecified atom stereocenters. The van der Waals surface area contributed by atoms with E-state index in [-0.39, 0.29) is 11.9 Å². The van der Waals surface area contributed by atoms with Crippen molar-refractivity contribution >= 4 is 46.8 Å². The lowest BCUT2D eigenvalue weighted by Gasteiger charge is -2.32. The summed E-state index contributed by atoms with van der Waals surface area (Å²) in [5.74, 6) is 0.940. The molecule has 7 nitrogen and oxygen atoms in total. The molecule has 0 bridgehead atoms. The van der Waals surface area contributed by atoms with Gasteiger partial charge in [-0.3, -0.25) is 19.5 Å². The topological polar surface area (TPSA) is 59.2 Å². The Morgan fingerprint density at radius 2 is 1.83 bits per heavy atom. The van der Waals surface area contributed by atoms with Gasteiger partial charge < -0.3 is 0 Å². The average Bonchev–Trinajstić information content (AvgIpc) is 3.07. The van der Waals surface area contributed by atoms with Crippen LogP contribution in [-0.2, 0) is 11.3 Å². The number of halogens is 2. The third kappa shape index (κ3) is 3.63. The predicted octanol–water partition coefficient (Wildman–Crippen LogP) is 3.08. The van der Waals surface area contributed by atoms with E-state index in [0.717, 1.165) is 35.7 Å². The number of rotatable bonds is 4. The van der Waals surface area contributed by atoms with Crippen LogP contribution in [0.4, 0.5) is 4.79 Å². The molecule has 4 rings (SSSR count). The number of hydrogen-bond acceptors (Lipinski definition) is 4. The summed E-state index contributed by atoms with van der Waals surface area (Å²) in [6.45, 7) is 4.17. The van der Waals surface area contributed by atoms with Crippen LogP contribution in [-0.4, -0.2) is 82.2 Å². The van der Waals surface area contributed by atoms with Gasteiger partial charge >= 0.3 is 11.9 Å². The van der Waals surface area contributed by atoms with E-state index in [4.69, 9.17) is 28.2 Å². The maximum atomic E-state index is 13.1. The third-order valence-electron chi connectivity index (χ3n) is 6.29. The van der Waals surface area contributed by atoms with Crippen molar-refractivity contribution in [1.29, 1.82) is 0 Å². The van der Waals surface area contributed by atoms with Gasteiger partial charge in [0.25, 0.3) is 17.8 Å². The van der Waals surface area contributed by atoms with Crippen LogP contribution in [0, 0.1) is 0 Å². The second-order valence-electron chi connectivity index (χ2n) is 8.17. The van der Waals surface area contributed by atoms with Crippen molar-refractivity contribution in [2.45, 2.75) is 44.8 Å². The molecule has 0 radical (unpaired) electrons. The van der Waals surface area contributed by atoms with Gasteiger partial charge in [-0.05, 0) is 43.4 Å². The number of piperidine rings is 1. The Balaban J connectivity index is 1.76. The van der Waals surface area contributed by atoms with E-state index in [0.29, 0.717) is 35.0 Å². The second-order valence-corrected chi connectivity index (χ2v) is 8.99. The molecular weight excluding hydrogens is 425 g/mol. The molecule has 2 atom stereocenters. The highest BCUT2D eigenvalue weighted by molar-refractivity contribution is 6.36. The number of likely N-dealkylation sites (N-methyl/N-ethyl adjacent to an activating group) is 2. The van der Waals surface area contributed by atoms with Crippen molar-refractivity contribution in [3.05, 3.63) is 33.8 Å². The minimum absolute atomic E-state index is 0.290. The van der Waals surface area contributed by atoms with Crippen LogP contribution in [0.15, 0.2) is 23.2 Å². The van der Waals surface area contributed by atoms with Gasteiger partial charge in [-0.15, -0.1) is 0 Å². The fourth-order valence-electron chi connectivity index (χ4n) is 4.39. The van der Waals surface area contributed by atoms with Gasteiger partial charge in [-0.2, -0.15) is 0 Å². The van der Waals surface area contributed by atoms with E-state index in [1.54, 1.807) is 25.2 Å². The maximum absolute atomic E-state index is 13.1. The lowest BCUT2D eigenvalue weighted by Crippen LogP contribution is -2.61. The van der Waals surface area contributed by atoms with Crippen LogP contribution in [0.2, 0.25) is 10.0 Å². The van der Waals surface area contributed by atoms with E-state index in [1.165, 1.54) is 18.4 Å². The molecule has 0 spiro atoms. The Labute approximate surface area is 186 Å². The number of benzene rings is 1. The molecule has 9 heteroatoms. The number of amidine groups is 2. The monoisotopic (exact) mass is 450 g/mol. The molecule has 0 N–H and O–H groups in total. The van der Waals surface area contributed by atoms with Crippen molar-refractivity contribution in [2.75, 3.05) is 27.2 Å². The number of urea groups is 1. The van der Waals surface area contributed by atoms with Crippen molar-refractivity contribution in [3.63, 3.8) is 0 Å². The summed E-state index contributed by atoms with van der Waals surface area (Å²) in [7, 11) is 3.16. The van der Waals surface area contributed by atoms with Crippen molar-refractivity contribution in [3.8, 4) is 0 Å². The Bertz CT molecular complexity index is 940. The van der Waals surface area contributed by atoms with Crippen molar-refractivity contribution in [1.82, 2.24) is 14.7 Å². The molecular formula is C21H26Cl2N5O2+. The zero-order valence-corrected chi connectivity index (χ0v) is 18.9. The van der Waals surface area contributed by atoms with E-state index >= 15 is 0 Å². The number of amides is 3. The van der Waals surface area contributed by atoms with Crippen LogP contribution in [0.3, 0.4) is 0 Å². The number of fused-ring (bicyclic) bond motifs is 1. The fraction of sp³-hybridized carbons (Fsp3) is 0.524. The first-order valence-corrected chi connectivity index (χ1v) is 11.0. The van der Waals surface area contributed by atoms with Crippen LogP contribution < -0.4 is 0 Å². The molecule has 3 aliphatic rings. The van der Waals surface area contributed by atoms with Crippen LogP contribution in [0.25, 0.3) is 0 Å². The van der Waals surface area contributed by atoms with Gasteiger partial charge in [0, 0.05) is 35.7 Å².